The Hall–Kier alpha value is -0.290. The van der Waals surface area contributed by atoms with Crippen LogP contribution in [0.4, 0.5) is 13.2 Å². The molecule has 0 spiro atoms. The topological polar surface area (TPSA) is 32.3 Å². The Kier molecular flexibility index (Phi) is 4.62. The zero-order valence-corrected chi connectivity index (χ0v) is 9.61. The fraction of sp³-hybridized carbons (Fsp3) is 1.00. The smallest absolute Gasteiger partial charge is 0.389 e. The van der Waals surface area contributed by atoms with E-state index in [0.717, 1.165) is 12.8 Å². The lowest BCUT2D eigenvalue weighted by molar-refractivity contribution is -0.134. The molecule has 1 fully saturated rings. The van der Waals surface area contributed by atoms with Gasteiger partial charge in [-0.2, -0.15) is 13.2 Å². The molecular weight excluding hydrogens is 219 g/mol. The van der Waals surface area contributed by atoms with E-state index in [1.165, 1.54) is 0 Å². The molecule has 1 aliphatic rings. The highest BCUT2D eigenvalue weighted by Gasteiger charge is 2.32. The van der Waals surface area contributed by atoms with Crippen LogP contribution in [-0.4, -0.2) is 30.0 Å². The zero-order valence-electron chi connectivity index (χ0n) is 9.61. The molecule has 1 saturated carbocycles. The molecular formula is C11H20F3NO. The van der Waals surface area contributed by atoms with Crippen molar-refractivity contribution >= 4 is 0 Å². The second kappa shape index (κ2) is 5.36. The molecule has 0 aromatic heterocycles. The molecule has 0 unspecified atom stereocenters. The highest BCUT2D eigenvalue weighted by atomic mass is 19.4. The fourth-order valence-corrected chi connectivity index (χ4v) is 2.03. The molecule has 0 radical (unpaired) electrons. The van der Waals surface area contributed by atoms with Gasteiger partial charge in [-0.1, -0.05) is 6.92 Å². The van der Waals surface area contributed by atoms with Crippen LogP contribution in [0.25, 0.3) is 0 Å². The summed E-state index contributed by atoms with van der Waals surface area (Å²) in [5.74, 6) is 0.621. The van der Waals surface area contributed by atoms with Crippen LogP contribution in [0.2, 0.25) is 0 Å². The summed E-state index contributed by atoms with van der Waals surface area (Å²) in [7, 11) is 0. The molecule has 0 aromatic rings. The molecule has 0 aromatic carbocycles. The molecule has 0 heterocycles. The van der Waals surface area contributed by atoms with Crippen molar-refractivity contribution in [3.8, 4) is 0 Å². The molecule has 1 rings (SSSR count). The first-order chi connectivity index (χ1) is 7.31. The van der Waals surface area contributed by atoms with Gasteiger partial charge >= 0.3 is 6.18 Å². The van der Waals surface area contributed by atoms with E-state index in [-0.39, 0.29) is 13.1 Å². The molecule has 0 bridgehead atoms. The molecule has 1 aliphatic carbocycles. The lowest BCUT2D eigenvalue weighted by Gasteiger charge is -2.35. The molecule has 96 valence electrons. The van der Waals surface area contributed by atoms with Gasteiger partial charge in [0.05, 0.1) is 12.0 Å². The molecule has 0 amide bonds. The molecule has 2 nitrogen and oxygen atoms in total. The minimum absolute atomic E-state index is 0.110. The van der Waals surface area contributed by atoms with Gasteiger partial charge in [-0.25, -0.2) is 0 Å². The van der Waals surface area contributed by atoms with Gasteiger partial charge in [-0.3, -0.25) is 0 Å². The Morgan fingerprint density at radius 2 is 1.88 bits per heavy atom. The first-order valence-electron chi connectivity index (χ1n) is 5.81. The molecule has 0 atom stereocenters. The summed E-state index contributed by atoms with van der Waals surface area (Å²) in [5.41, 5.74) is -0.794. The van der Waals surface area contributed by atoms with E-state index in [9.17, 15) is 18.3 Å². The van der Waals surface area contributed by atoms with Crippen LogP contribution >= 0.6 is 0 Å². The lowest BCUT2D eigenvalue weighted by atomic mass is 9.79. The number of rotatable bonds is 4. The van der Waals surface area contributed by atoms with E-state index in [2.05, 4.69) is 12.2 Å². The third-order valence-electron chi connectivity index (χ3n) is 3.24. The Bertz CT molecular complexity index is 210. The van der Waals surface area contributed by atoms with Crippen LogP contribution in [0.1, 0.15) is 39.0 Å². The van der Waals surface area contributed by atoms with Crippen molar-refractivity contribution in [3.63, 3.8) is 0 Å². The van der Waals surface area contributed by atoms with E-state index in [1.54, 1.807) is 0 Å². The summed E-state index contributed by atoms with van der Waals surface area (Å²) in [5, 5.41) is 12.8. The number of alkyl halides is 3. The quantitative estimate of drug-likeness (QED) is 0.739. The Morgan fingerprint density at radius 3 is 2.38 bits per heavy atom. The largest absolute Gasteiger partial charge is 0.390 e. The molecule has 2 N–H and O–H groups in total. The van der Waals surface area contributed by atoms with Crippen molar-refractivity contribution in [1.29, 1.82) is 0 Å². The third-order valence-corrected chi connectivity index (χ3v) is 3.24. The van der Waals surface area contributed by atoms with Gasteiger partial charge < -0.3 is 10.4 Å². The van der Waals surface area contributed by atoms with E-state index in [1.807, 2.05) is 0 Å². The maximum absolute atomic E-state index is 11.9. The SMILES string of the molecule is CC1CCC(O)(CNCCC(F)(F)F)CC1. The van der Waals surface area contributed by atoms with Gasteiger partial charge in [-0.05, 0) is 31.6 Å². The van der Waals surface area contributed by atoms with E-state index >= 15 is 0 Å². The van der Waals surface area contributed by atoms with Gasteiger partial charge in [0, 0.05) is 13.1 Å². The van der Waals surface area contributed by atoms with E-state index in [4.69, 9.17) is 0 Å². The number of hydrogen-bond donors (Lipinski definition) is 2. The fourth-order valence-electron chi connectivity index (χ4n) is 2.03. The standard InChI is InChI=1S/C11H20F3NO/c1-9-2-4-10(16,5-3-9)8-15-7-6-11(12,13)14/h9,15-16H,2-8H2,1H3. The van der Waals surface area contributed by atoms with Gasteiger partial charge in [0.25, 0.3) is 0 Å². The van der Waals surface area contributed by atoms with Crippen molar-refractivity contribution in [3.05, 3.63) is 0 Å². The van der Waals surface area contributed by atoms with Crippen molar-refractivity contribution in [2.24, 2.45) is 5.92 Å². The highest BCUT2D eigenvalue weighted by Crippen LogP contribution is 2.31. The van der Waals surface area contributed by atoms with Crippen LogP contribution < -0.4 is 5.32 Å². The molecule has 0 aliphatic heterocycles. The zero-order chi connectivity index (χ0) is 12.2. The third kappa shape index (κ3) is 5.16. The maximum Gasteiger partial charge on any atom is 0.390 e. The minimum atomic E-state index is -4.11. The average molecular weight is 239 g/mol. The van der Waals surface area contributed by atoms with E-state index in [0.29, 0.717) is 18.8 Å². The number of halogens is 3. The number of nitrogens with one attached hydrogen (secondary N) is 1. The Morgan fingerprint density at radius 1 is 1.31 bits per heavy atom. The molecule has 0 saturated heterocycles. The predicted octanol–water partition coefficient (Wildman–Crippen LogP) is 2.47. The first kappa shape index (κ1) is 13.8. The summed E-state index contributed by atoms with van der Waals surface area (Å²) < 4.78 is 35.6. The van der Waals surface area contributed by atoms with Gasteiger partial charge in [0.1, 0.15) is 0 Å². The summed E-state index contributed by atoms with van der Waals surface area (Å²) in [6.07, 6.45) is -1.66. The van der Waals surface area contributed by atoms with Gasteiger partial charge in [0.2, 0.25) is 0 Å². The van der Waals surface area contributed by atoms with Crippen molar-refractivity contribution in [2.75, 3.05) is 13.1 Å². The van der Waals surface area contributed by atoms with Crippen LogP contribution in [0.5, 0.6) is 0 Å². The number of aliphatic hydroxyl groups is 1. The van der Waals surface area contributed by atoms with Crippen LogP contribution in [0, 0.1) is 5.92 Å². The van der Waals surface area contributed by atoms with Gasteiger partial charge in [0.15, 0.2) is 0 Å². The second-order valence-corrected chi connectivity index (χ2v) is 4.95. The minimum Gasteiger partial charge on any atom is -0.389 e. The normalized spacial score (nSPS) is 31.7. The predicted molar refractivity (Wildman–Crippen MR) is 56.1 cm³/mol. The molecule has 16 heavy (non-hydrogen) atoms. The van der Waals surface area contributed by atoms with Crippen molar-refractivity contribution in [1.82, 2.24) is 5.32 Å². The van der Waals surface area contributed by atoms with E-state index < -0.39 is 18.2 Å². The lowest BCUT2D eigenvalue weighted by Crippen LogP contribution is -2.44. The van der Waals surface area contributed by atoms with Crippen molar-refractivity contribution < 1.29 is 18.3 Å². The van der Waals surface area contributed by atoms with Crippen LogP contribution in [0.3, 0.4) is 0 Å². The van der Waals surface area contributed by atoms with Crippen LogP contribution in [-0.2, 0) is 0 Å². The Labute approximate surface area is 94.2 Å². The second-order valence-electron chi connectivity index (χ2n) is 4.95. The van der Waals surface area contributed by atoms with Crippen molar-refractivity contribution in [2.45, 2.75) is 50.8 Å². The number of hydrogen-bond acceptors (Lipinski definition) is 2. The summed E-state index contributed by atoms with van der Waals surface area (Å²) in [6.45, 7) is 2.30. The van der Waals surface area contributed by atoms with Gasteiger partial charge in [-0.15, -0.1) is 0 Å². The summed E-state index contributed by atoms with van der Waals surface area (Å²) in [6, 6.07) is 0. The summed E-state index contributed by atoms with van der Waals surface area (Å²) in [4.78, 5) is 0. The maximum atomic E-state index is 11.9. The van der Waals surface area contributed by atoms with Crippen LogP contribution in [0.15, 0.2) is 0 Å². The monoisotopic (exact) mass is 239 g/mol. The first-order valence-corrected chi connectivity index (χ1v) is 5.81. The molecule has 5 heteroatoms. The highest BCUT2D eigenvalue weighted by molar-refractivity contribution is 4.86. The summed E-state index contributed by atoms with van der Waals surface area (Å²) >= 11 is 0. The average Bonchev–Trinajstić information content (AvgIpc) is 2.17. The Balaban J connectivity index is 2.17.